The van der Waals surface area contributed by atoms with Gasteiger partial charge in [-0.05, 0) is 13.8 Å². The molecule has 104 valence electrons. The van der Waals surface area contributed by atoms with Crippen LogP contribution in [-0.4, -0.2) is 43.0 Å². The van der Waals surface area contributed by atoms with Crippen LogP contribution in [0.1, 0.15) is 34.1 Å². The maximum absolute atomic E-state index is 11.3. The second kappa shape index (κ2) is 5.67. The Balaban J connectivity index is 2.94. The standard InChI is InChI=1S/C12H21NO5/c1-7-11(18-9(3)15)12(4,13-8(2)14)6-10(16-5)17-7/h7,10-11H,6H2,1-5H3,(H,13,14)/t7-,10+,11+,12-/m0/s1. The van der Waals surface area contributed by atoms with Crippen molar-refractivity contribution >= 4 is 11.9 Å². The summed E-state index contributed by atoms with van der Waals surface area (Å²) in [4.78, 5) is 22.5. The summed E-state index contributed by atoms with van der Waals surface area (Å²) in [5.41, 5.74) is -0.699. The smallest absolute Gasteiger partial charge is 0.303 e. The molecule has 1 rings (SSSR count). The molecule has 0 aliphatic carbocycles. The third-order valence-corrected chi connectivity index (χ3v) is 3.03. The lowest BCUT2D eigenvalue weighted by Crippen LogP contribution is -2.64. The summed E-state index contributed by atoms with van der Waals surface area (Å²) in [5.74, 6) is -0.582. The Morgan fingerprint density at radius 3 is 2.44 bits per heavy atom. The zero-order chi connectivity index (χ0) is 13.9. The van der Waals surface area contributed by atoms with Gasteiger partial charge in [-0.15, -0.1) is 0 Å². The minimum Gasteiger partial charge on any atom is -0.457 e. The van der Waals surface area contributed by atoms with Gasteiger partial charge >= 0.3 is 5.97 Å². The molecule has 1 N–H and O–H groups in total. The molecule has 0 aromatic rings. The molecule has 0 unspecified atom stereocenters. The fraction of sp³-hybridized carbons (Fsp3) is 0.833. The summed E-state index contributed by atoms with van der Waals surface area (Å²) in [6, 6.07) is 0. The number of ether oxygens (including phenoxy) is 3. The predicted octanol–water partition coefficient (Wildman–Crippen LogP) is 0.594. The molecule has 18 heavy (non-hydrogen) atoms. The van der Waals surface area contributed by atoms with Crippen molar-refractivity contribution in [2.75, 3.05) is 7.11 Å². The normalized spacial score (nSPS) is 35.9. The minimum absolute atomic E-state index is 0.182. The first kappa shape index (κ1) is 14.9. The van der Waals surface area contributed by atoms with E-state index in [1.807, 2.05) is 6.92 Å². The van der Waals surface area contributed by atoms with E-state index in [0.29, 0.717) is 6.42 Å². The molecule has 0 aromatic carbocycles. The lowest BCUT2D eigenvalue weighted by molar-refractivity contribution is -0.239. The van der Waals surface area contributed by atoms with Crippen LogP contribution in [0.5, 0.6) is 0 Å². The molecular weight excluding hydrogens is 238 g/mol. The second-order valence-electron chi connectivity index (χ2n) is 4.84. The highest BCUT2D eigenvalue weighted by molar-refractivity contribution is 5.74. The molecule has 0 aromatic heterocycles. The van der Waals surface area contributed by atoms with Crippen molar-refractivity contribution in [3.8, 4) is 0 Å². The lowest BCUT2D eigenvalue weighted by Gasteiger charge is -2.46. The third-order valence-electron chi connectivity index (χ3n) is 3.03. The number of nitrogens with one attached hydrogen (secondary N) is 1. The summed E-state index contributed by atoms with van der Waals surface area (Å²) in [6.07, 6.45) is -0.899. The molecule has 1 aliphatic heterocycles. The zero-order valence-corrected chi connectivity index (χ0v) is 11.5. The van der Waals surface area contributed by atoms with Gasteiger partial charge in [-0.2, -0.15) is 0 Å². The average molecular weight is 259 g/mol. The van der Waals surface area contributed by atoms with Crippen molar-refractivity contribution in [3.05, 3.63) is 0 Å². The van der Waals surface area contributed by atoms with Crippen LogP contribution in [0.4, 0.5) is 0 Å². The Morgan fingerprint density at radius 1 is 1.39 bits per heavy atom. The van der Waals surface area contributed by atoms with Gasteiger partial charge in [0.1, 0.15) is 0 Å². The van der Waals surface area contributed by atoms with Gasteiger partial charge in [-0.3, -0.25) is 9.59 Å². The molecule has 0 radical (unpaired) electrons. The number of carbonyl (C=O) groups is 2. The predicted molar refractivity (Wildman–Crippen MR) is 63.7 cm³/mol. The van der Waals surface area contributed by atoms with Crippen LogP contribution in [0, 0.1) is 0 Å². The van der Waals surface area contributed by atoms with E-state index >= 15 is 0 Å². The van der Waals surface area contributed by atoms with E-state index in [-0.39, 0.29) is 12.0 Å². The number of hydrogen-bond donors (Lipinski definition) is 1. The summed E-state index contributed by atoms with van der Waals surface area (Å²) in [5, 5.41) is 2.83. The Hall–Kier alpha value is -1.14. The number of hydrogen-bond acceptors (Lipinski definition) is 5. The first-order valence-electron chi connectivity index (χ1n) is 5.92. The van der Waals surface area contributed by atoms with Crippen molar-refractivity contribution < 1.29 is 23.8 Å². The molecule has 1 heterocycles. The summed E-state index contributed by atoms with van der Waals surface area (Å²) < 4.78 is 16.0. The number of esters is 1. The molecule has 1 fully saturated rings. The van der Waals surface area contributed by atoms with Crippen LogP contribution in [0.2, 0.25) is 0 Å². The van der Waals surface area contributed by atoms with Gasteiger partial charge in [0, 0.05) is 27.4 Å². The van der Waals surface area contributed by atoms with Gasteiger partial charge in [0.2, 0.25) is 5.91 Å². The van der Waals surface area contributed by atoms with Crippen LogP contribution in [0.3, 0.4) is 0 Å². The van der Waals surface area contributed by atoms with Gasteiger partial charge in [-0.25, -0.2) is 0 Å². The molecule has 1 saturated heterocycles. The number of methoxy groups -OCH3 is 1. The molecule has 6 heteroatoms. The third kappa shape index (κ3) is 3.43. The average Bonchev–Trinajstić information content (AvgIpc) is 2.21. The summed E-state index contributed by atoms with van der Waals surface area (Å²) in [6.45, 7) is 6.38. The molecule has 4 atom stereocenters. The van der Waals surface area contributed by atoms with Crippen LogP contribution >= 0.6 is 0 Å². The van der Waals surface area contributed by atoms with Gasteiger partial charge in [0.05, 0.1) is 11.6 Å². The second-order valence-corrected chi connectivity index (χ2v) is 4.84. The highest BCUT2D eigenvalue weighted by Crippen LogP contribution is 2.31. The summed E-state index contributed by atoms with van der Waals surface area (Å²) in [7, 11) is 1.54. The quantitative estimate of drug-likeness (QED) is 0.751. The van der Waals surface area contributed by atoms with E-state index in [1.165, 1.54) is 21.0 Å². The highest BCUT2D eigenvalue weighted by atomic mass is 16.7. The molecule has 0 spiro atoms. The first-order chi connectivity index (χ1) is 8.28. The van der Waals surface area contributed by atoms with Crippen LogP contribution in [0.25, 0.3) is 0 Å². The Labute approximate surface area is 107 Å². The van der Waals surface area contributed by atoms with E-state index < -0.39 is 23.9 Å². The Morgan fingerprint density at radius 2 is 2.00 bits per heavy atom. The number of carbonyl (C=O) groups excluding carboxylic acids is 2. The fourth-order valence-electron chi connectivity index (χ4n) is 2.41. The van der Waals surface area contributed by atoms with E-state index in [2.05, 4.69) is 5.32 Å². The molecule has 1 aliphatic rings. The molecule has 0 saturated carbocycles. The van der Waals surface area contributed by atoms with Gasteiger partial charge < -0.3 is 19.5 Å². The van der Waals surface area contributed by atoms with Gasteiger partial charge in [0.25, 0.3) is 0 Å². The highest BCUT2D eigenvalue weighted by Gasteiger charge is 2.48. The Kier molecular flexibility index (Phi) is 4.70. The molecule has 1 amide bonds. The van der Waals surface area contributed by atoms with E-state index in [9.17, 15) is 9.59 Å². The van der Waals surface area contributed by atoms with Crippen molar-refractivity contribution in [1.29, 1.82) is 0 Å². The van der Waals surface area contributed by atoms with Crippen molar-refractivity contribution in [1.82, 2.24) is 5.32 Å². The molecular formula is C12H21NO5. The van der Waals surface area contributed by atoms with Crippen LogP contribution < -0.4 is 5.32 Å². The van der Waals surface area contributed by atoms with E-state index in [0.717, 1.165) is 0 Å². The number of rotatable bonds is 3. The minimum atomic E-state index is -0.699. The largest absolute Gasteiger partial charge is 0.457 e. The topological polar surface area (TPSA) is 73.9 Å². The first-order valence-corrected chi connectivity index (χ1v) is 5.92. The maximum atomic E-state index is 11.3. The van der Waals surface area contributed by atoms with Crippen molar-refractivity contribution in [2.45, 2.75) is 58.2 Å². The van der Waals surface area contributed by atoms with Crippen molar-refractivity contribution in [3.63, 3.8) is 0 Å². The van der Waals surface area contributed by atoms with Crippen molar-refractivity contribution in [2.24, 2.45) is 0 Å². The monoisotopic (exact) mass is 259 g/mol. The van der Waals surface area contributed by atoms with Gasteiger partial charge in [-0.1, -0.05) is 0 Å². The fourth-order valence-corrected chi connectivity index (χ4v) is 2.41. The Bertz CT molecular complexity index is 332. The SMILES string of the molecule is CO[C@H]1C[C@](C)(NC(C)=O)[C@H](OC(C)=O)[C@H](C)O1. The zero-order valence-electron chi connectivity index (χ0n) is 11.5. The van der Waals surface area contributed by atoms with E-state index in [1.54, 1.807) is 6.92 Å². The lowest BCUT2D eigenvalue weighted by atomic mass is 9.84. The molecule has 0 bridgehead atoms. The van der Waals surface area contributed by atoms with Crippen LogP contribution in [0.15, 0.2) is 0 Å². The van der Waals surface area contributed by atoms with Gasteiger partial charge in [0.15, 0.2) is 12.4 Å². The van der Waals surface area contributed by atoms with E-state index in [4.69, 9.17) is 14.2 Å². The maximum Gasteiger partial charge on any atom is 0.303 e. The summed E-state index contributed by atoms with van der Waals surface area (Å²) >= 11 is 0. The van der Waals surface area contributed by atoms with Crippen LogP contribution in [-0.2, 0) is 23.8 Å². The molecule has 6 nitrogen and oxygen atoms in total. The number of amides is 1.